The van der Waals surface area contributed by atoms with Crippen LogP contribution in [0.25, 0.3) is 0 Å². The molecule has 1 aliphatic heterocycles. The largest absolute Gasteiger partial charge is 0.467 e. The van der Waals surface area contributed by atoms with E-state index >= 15 is 0 Å². The molecule has 1 heterocycles. The molecule has 1 unspecified atom stereocenters. The van der Waals surface area contributed by atoms with Crippen LogP contribution < -0.4 is 0 Å². The molecule has 0 N–H and O–H groups in total. The van der Waals surface area contributed by atoms with Crippen LogP contribution in [0.1, 0.15) is 19.3 Å². The predicted molar refractivity (Wildman–Crippen MR) is 38.0 cm³/mol. The van der Waals surface area contributed by atoms with Gasteiger partial charge in [0.25, 0.3) is 0 Å². The molecule has 2 aliphatic rings. The number of ether oxygens (including phenoxy) is 2. The van der Waals surface area contributed by atoms with Crippen LogP contribution in [0.5, 0.6) is 0 Å². The number of carbonyl (C=O) groups is 1. The van der Waals surface area contributed by atoms with Crippen molar-refractivity contribution in [3.8, 4) is 0 Å². The Morgan fingerprint density at radius 1 is 1.64 bits per heavy atom. The van der Waals surface area contributed by atoms with E-state index < -0.39 is 5.60 Å². The van der Waals surface area contributed by atoms with Crippen molar-refractivity contribution in [2.75, 3.05) is 13.7 Å². The van der Waals surface area contributed by atoms with Crippen LogP contribution in [0.4, 0.5) is 0 Å². The molecule has 0 spiro atoms. The second-order valence-corrected chi connectivity index (χ2v) is 3.25. The normalized spacial score (nSPS) is 36.1. The summed E-state index contributed by atoms with van der Waals surface area (Å²) in [5, 5.41) is 0. The number of carbonyl (C=O) groups excluding carboxylic acids is 1. The van der Waals surface area contributed by atoms with E-state index in [0.717, 1.165) is 19.3 Å². The Kier molecular flexibility index (Phi) is 1.42. The van der Waals surface area contributed by atoms with E-state index in [1.165, 1.54) is 7.11 Å². The standard InChI is InChI=1S/C8H12O3/c1-10-7(9)8(4-5-11-8)6-2-3-6/h6H,2-5H2,1H3. The van der Waals surface area contributed by atoms with Gasteiger partial charge in [-0.1, -0.05) is 0 Å². The maximum absolute atomic E-state index is 11.3. The zero-order valence-electron chi connectivity index (χ0n) is 6.63. The van der Waals surface area contributed by atoms with Crippen molar-refractivity contribution in [3.63, 3.8) is 0 Å². The first-order valence-corrected chi connectivity index (χ1v) is 4.02. The highest BCUT2D eigenvalue weighted by Gasteiger charge is 2.57. The van der Waals surface area contributed by atoms with Gasteiger partial charge >= 0.3 is 5.97 Å². The van der Waals surface area contributed by atoms with Gasteiger partial charge in [-0.2, -0.15) is 0 Å². The van der Waals surface area contributed by atoms with Crippen molar-refractivity contribution in [2.45, 2.75) is 24.9 Å². The third-order valence-corrected chi connectivity index (χ3v) is 2.60. The average Bonchev–Trinajstić information content (AvgIpc) is 2.68. The second-order valence-electron chi connectivity index (χ2n) is 3.25. The molecule has 0 aromatic rings. The van der Waals surface area contributed by atoms with Crippen molar-refractivity contribution in [2.24, 2.45) is 5.92 Å². The van der Waals surface area contributed by atoms with Crippen molar-refractivity contribution in [1.29, 1.82) is 0 Å². The van der Waals surface area contributed by atoms with Crippen LogP contribution in [0.3, 0.4) is 0 Å². The lowest BCUT2D eigenvalue weighted by Crippen LogP contribution is -2.53. The fourth-order valence-electron chi connectivity index (χ4n) is 1.69. The van der Waals surface area contributed by atoms with Gasteiger partial charge in [-0.15, -0.1) is 0 Å². The van der Waals surface area contributed by atoms with Gasteiger partial charge in [0.1, 0.15) is 0 Å². The first-order chi connectivity index (χ1) is 5.29. The number of rotatable bonds is 2. The summed E-state index contributed by atoms with van der Waals surface area (Å²) >= 11 is 0. The lowest BCUT2D eigenvalue weighted by atomic mass is 9.89. The topological polar surface area (TPSA) is 35.5 Å². The van der Waals surface area contributed by atoms with E-state index in [1.807, 2.05) is 0 Å². The van der Waals surface area contributed by atoms with Gasteiger partial charge in [0.05, 0.1) is 13.7 Å². The second kappa shape index (κ2) is 2.21. The highest BCUT2D eigenvalue weighted by molar-refractivity contribution is 5.81. The van der Waals surface area contributed by atoms with Crippen molar-refractivity contribution >= 4 is 5.97 Å². The zero-order chi connectivity index (χ0) is 7.90. The maximum atomic E-state index is 11.3. The summed E-state index contributed by atoms with van der Waals surface area (Å²) < 4.78 is 10.0. The molecule has 1 saturated heterocycles. The number of methoxy groups -OCH3 is 1. The third-order valence-electron chi connectivity index (χ3n) is 2.60. The Balaban J connectivity index is 2.08. The van der Waals surface area contributed by atoms with Gasteiger partial charge in [-0.25, -0.2) is 4.79 Å². The zero-order valence-corrected chi connectivity index (χ0v) is 6.63. The third kappa shape index (κ3) is 0.872. The quantitative estimate of drug-likeness (QED) is 0.553. The molecule has 0 aromatic heterocycles. The van der Waals surface area contributed by atoms with Crippen LogP contribution in [0.2, 0.25) is 0 Å². The van der Waals surface area contributed by atoms with E-state index in [1.54, 1.807) is 0 Å². The Bertz CT molecular complexity index is 180. The molecule has 1 aliphatic carbocycles. The number of hydrogen-bond acceptors (Lipinski definition) is 3. The van der Waals surface area contributed by atoms with E-state index in [2.05, 4.69) is 0 Å². The van der Waals surface area contributed by atoms with Crippen LogP contribution in [0, 0.1) is 5.92 Å². The molecule has 1 saturated carbocycles. The van der Waals surface area contributed by atoms with Crippen molar-refractivity contribution in [1.82, 2.24) is 0 Å². The molecule has 0 bridgehead atoms. The Labute approximate surface area is 65.7 Å². The molecule has 0 amide bonds. The monoisotopic (exact) mass is 156 g/mol. The van der Waals surface area contributed by atoms with Crippen LogP contribution in [-0.2, 0) is 14.3 Å². The lowest BCUT2D eigenvalue weighted by Gasteiger charge is -2.39. The van der Waals surface area contributed by atoms with Gasteiger partial charge in [-0.05, 0) is 18.8 Å². The maximum Gasteiger partial charge on any atom is 0.338 e. The van der Waals surface area contributed by atoms with E-state index in [9.17, 15) is 4.79 Å². The van der Waals surface area contributed by atoms with Gasteiger partial charge in [0, 0.05) is 6.42 Å². The summed E-state index contributed by atoms with van der Waals surface area (Å²) in [5.41, 5.74) is -0.519. The molecular weight excluding hydrogens is 144 g/mol. The van der Waals surface area contributed by atoms with E-state index in [0.29, 0.717) is 12.5 Å². The van der Waals surface area contributed by atoms with Gasteiger partial charge < -0.3 is 9.47 Å². The Morgan fingerprint density at radius 3 is 2.55 bits per heavy atom. The highest BCUT2D eigenvalue weighted by Crippen LogP contribution is 2.48. The highest BCUT2D eigenvalue weighted by atomic mass is 16.6. The summed E-state index contributed by atoms with van der Waals surface area (Å²) in [7, 11) is 1.42. The molecule has 3 nitrogen and oxygen atoms in total. The number of hydrogen-bond donors (Lipinski definition) is 0. The summed E-state index contributed by atoms with van der Waals surface area (Å²) in [6, 6.07) is 0. The fraction of sp³-hybridized carbons (Fsp3) is 0.875. The first-order valence-electron chi connectivity index (χ1n) is 4.02. The summed E-state index contributed by atoms with van der Waals surface area (Å²) in [4.78, 5) is 11.3. The molecule has 2 rings (SSSR count). The van der Waals surface area contributed by atoms with Crippen LogP contribution >= 0.6 is 0 Å². The molecule has 1 atom stereocenters. The molecule has 62 valence electrons. The molecule has 0 radical (unpaired) electrons. The molecule has 3 heteroatoms. The van der Waals surface area contributed by atoms with Crippen LogP contribution in [-0.4, -0.2) is 25.3 Å². The Hall–Kier alpha value is -0.570. The van der Waals surface area contributed by atoms with Gasteiger partial charge in [-0.3, -0.25) is 0 Å². The predicted octanol–water partition coefficient (Wildman–Crippen LogP) is 0.728. The smallest absolute Gasteiger partial charge is 0.338 e. The lowest BCUT2D eigenvalue weighted by molar-refractivity contribution is -0.203. The Morgan fingerprint density at radius 2 is 2.27 bits per heavy atom. The van der Waals surface area contributed by atoms with Crippen LogP contribution in [0.15, 0.2) is 0 Å². The van der Waals surface area contributed by atoms with E-state index in [4.69, 9.17) is 9.47 Å². The number of esters is 1. The minimum atomic E-state index is -0.519. The van der Waals surface area contributed by atoms with Crippen molar-refractivity contribution < 1.29 is 14.3 Å². The molecule has 0 aromatic carbocycles. The fourth-order valence-corrected chi connectivity index (χ4v) is 1.69. The van der Waals surface area contributed by atoms with E-state index in [-0.39, 0.29) is 5.97 Å². The van der Waals surface area contributed by atoms with Gasteiger partial charge in [0.2, 0.25) is 0 Å². The first kappa shape index (κ1) is 7.10. The summed E-state index contributed by atoms with van der Waals surface area (Å²) in [5.74, 6) is 0.273. The molecular formula is C8H12O3. The minimum absolute atomic E-state index is 0.175. The minimum Gasteiger partial charge on any atom is -0.467 e. The average molecular weight is 156 g/mol. The molecule has 2 fully saturated rings. The van der Waals surface area contributed by atoms with Crippen molar-refractivity contribution in [3.05, 3.63) is 0 Å². The SMILES string of the molecule is COC(=O)C1(C2CC2)CCO1. The van der Waals surface area contributed by atoms with Gasteiger partial charge in [0.15, 0.2) is 5.60 Å². The molecule has 11 heavy (non-hydrogen) atoms. The summed E-state index contributed by atoms with van der Waals surface area (Å²) in [6.45, 7) is 0.714. The summed E-state index contributed by atoms with van der Waals surface area (Å²) in [6.07, 6.45) is 3.09.